The highest BCUT2D eigenvalue weighted by atomic mass is 35.5. The zero-order valence-corrected chi connectivity index (χ0v) is 18.4. The minimum atomic E-state index is -0.115. The Morgan fingerprint density at radius 1 is 1.17 bits per heavy atom. The van der Waals surface area contributed by atoms with Crippen LogP contribution in [0.3, 0.4) is 0 Å². The Hall–Kier alpha value is -2.61. The molecule has 1 aliphatic rings. The largest absolute Gasteiger partial charge is 0.495 e. The van der Waals surface area contributed by atoms with E-state index < -0.39 is 0 Å². The number of aromatic nitrogens is 2. The molecule has 156 valence electrons. The van der Waals surface area contributed by atoms with Gasteiger partial charge in [-0.2, -0.15) is 0 Å². The van der Waals surface area contributed by atoms with E-state index in [-0.39, 0.29) is 12.1 Å². The lowest BCUT2D eigenvalue weighted by molar-refractivity contribution is 0.186. The standard InChI is InChI=1S/C22H23ClN4O2S/c1-28-13-12-26-11-5-7-18(26)21-20(17-6-3-4-10-24-17)25-22(30)27(21)15-8-9-19(29-2)16(23)14-15/h3-11,14,20-21H,12-13H2,1-2H3,(H,25,30)/t20-,21-/m1/s1. The van der Waals surface area contributed by atoms with Gasteiger partial charge in [-0.25, -0.2) is 0 Å². The van der Waals surface area contributed by atoms with Crippen molar-refractivity contribution in [2.75, 3.05) is 25.7 Å². The molecule has 0 spiro atoms. The molecule has 30 heavy (non-hydrogen) atoms. The summed E-state index contributed by atoms with van der Waals surface area (Å²) in [6.07, 6.45) is 3.86. The Balaban J connectivity index is 1.81. The van der Waals surface area contributed by atoms with E-state index in [4.69, 9.17) is 33.3 Å². The first-order valence-corrected chi connectivity index (χ1v) is 10.4. The van der Waals surface area contributed by atoms with E-state index in [0.717, 1.165) is 23.6 Å². The number of hydrogen-bond donors (Lipinski definition) is 1. The number of pyridine rings is 1. The van der Waals surface area contributed by atoms with Crippen LogP contribution in [0.2, 0.25) is 5.02 Å². The van der Waals surface area contributed by atoms with E-state index in [1.54, 1.807) is 20.4 Å². The molecule has 0 bridgehead atoms. The average Bonchev–Trinajstić information content (AvgIpc) is 3.36. The van der Waals surface area contributed by atoms with Gasteiger partial charge in [0.2, 0.25) is 0 Å². The Bertz CT molecular complexity index is 1030. The normalized spacial score (nSPS) is 18.5. The van der Waals surface area contributed by atoms with Crippen molar-refractivity contribution in [3.05, 3.63) is 77.3 Å². The SMILES string of the molecule is COCCn1cccc1[C@@H]1[C@@H](c2ccccn2)NC(=S)N1c1ccc(OC)c(Cl)c1. The predicted molar refractivity (Wildman–Crippen MR) is 122 cm³/mol. The lowest BCUT2D eigenvalue weighted by Gasteiger charge is -2.29. The highest BCUT2D eigenvalue weighted by Crippen LogP contribution is 2.43. The fraction of sp³-hybridized carbons (Fsp3) is 0.273. The molecule has 6 nitrogen and oxygen atoms in total. The summed E-state index contributed by atoms with van der Waals surface area (Å²) in [5.41, 5.74) is 2.93. The number of nitrogens with zero attached hydrogens (tertiary/aromatic N) is 3. The lowest BCUT2D eigenvalue weighted by Crippen LogP contribution is -2.30. The van der Waals surface area contributed by atoms with Crippen LogP contribution < -0.4 is 15.0 Å². The second kappa shape index (κ2) is 9.04. The minimum absolute atomic E-state index is 0.108. The van der Waals surface area contributed by atoms with Crippen molar-refractivity contribution in [1.29, 1.82) is 0 Å². The van der Waals surface area contributed by atoms with Crippen LogP contribution in [-0.2, 0) is 11.3 Å². The average molecular weight is 443 g/mol. The third kappa shape index (κ3) is 3.88. The van der Waals surface area contributed by atoms with E-state index in [1.165, 1.54) is 0 Å². The van der Waals surface area contributed by atoms with Gasteiger partial charge in [-0.05, 0) is 54.7 Å². The molecule has 0 amide bonds. The van der Waals surface area contributed by atoms with E-state index >= 15 is 0 Å². The Kier molecular flexibility index (Phi) is 6.22. The Morgan fingerprint density at radius 3 is 2.73 bits per heavy atom. The van der Waals surface area contributed by atoms with Gasteiger partial charge in [-0.3, -0.25) is 4.98 Å². The second-order valence-corrected chi connectivity index (χ2v) is 7.73. The van der Waals surface area contributed by atoms with Gasteiger partial charge < -0.3 is 24.3 Å². The van der Waals surface area contributed by atoms with Crippen LogP contribution in [0.5, 0.6) is 5.75 Å². The molecular weight excluding hydrogens is 420 g/mol. The third-order valence-corrected chi connectivity index (χ3v) is 5.83. The van der Waals surface area contributed by atoms with Gasteiger partial charge >= 0.3 is 0 Å². The zero-order chi connectivity index (χ0) is 21.1. The maximum absolute atomic E-state index is 6.43. The maximum Gasteiger partial charge on any atom is 0.174 e. The number of anilines is 1. The van der Waals surface area contributed by atoms with Crippen molar-refractivity contribution in [1.82, 2.24) is 14.9 Å². The third-order valence-electron chi connectivity index (χ3n) is 5.22. The van der Waals surface area contributed by atoms with Crippen molar-refractivity contribution in [2.45, 2.75) is 18.6 Å². The smallest absolute Gasteiger partial charge is 0.174 e. The Labute approximate surface area is 186 Å². The van der Waals surface area contributed by atoms with Crippen LogP contribution in [0.25, 0.3) is 0 Å². The fourth-order valence-corrected chi connectivity index (χ4v) is 4.43. The van der Waals surface area contributed by atoms with Crippen LogP contribution in [0, 0.1) is 0 Å². The van der Waals surface area contributed by atoms with E-state index in [0.29, 0.717) is 22.5 Å². The predicted octanol–water partition coefficient (Wildman–Crippen LogP) is 4.37. The van der Waals surface area contributed by atoms with Gasteiger partial charge in [0.1, 0.15) is 11.8 Å². The summed E-state index contributed by atoms with van der Waals surface area (Å²) in [7, 11) is 3.31. The van der Waals surface area contributed by atoms with Crippen LogP contribution in [0.15, 0.2) is 60.9 Å². The molecule has 3 aromatic rings. The summed E-state index contributed by atoms with van der Waals surface area (Å²) in [5.74, 6) is 0.625. The van der Waals surface area contributed by atoms with Crippen LogP contribution in [-0.4, -0.2) is 35.5 Å². The van der Waals surface area contributed by atoms with Gasteiger partial charge in [0.15, 0.2) is 5.11 Å². The molecule has 1 N–H and O–H groups in total. The molecule has 8 heteroatoms. The second-order valence-electron chi connectivity index (χ2n) is 6.93. The number of halogens is 1. The zero-order valence-electron chi connectivity index (χ0n) is 16.8. The monoisotopic (exact) mass is 442 g/mol. The molecule has 2 aromatic heterocycles. The quantitative estimate of drug-likeness (QED) is 0.548. The molecule has 0 saturated carbocycles. The van der Waals surface area contributed by atoms with Crippen molar-refractivity contribution in [2.24, 2.45) is 0 Å². The molecule has 2 atom stereocenters. The van der Waals surface area contributed by atoms with E-state index in [1.807, 2.05) is 42.5 Å². The number of thiocarbonyl (C=S) groups is 1. The highest BCUT2D eigenvalue weighted by molar-refractivity contribution is 7.80. The Morgan fingerprint density at radius 2 is 2.03 bits per heavy atom. The summed E-state index contributed by atoms with van der Waals surface area (Å²) in [4.78, 5) is 6.69. The fourth-order valence-electron chi connectivity index (χ4n) is 3.83. The van der Waals surface area contributed by atoms with Gasteiger partial charge in [-0.1, -0.05) is 17.7 Å². The van der Waals surface area contributed by atoms with Crippen LogP contribution >= 0.6 is 23.8 Å². The van der Waals surface area contributed by atoms with Crippen LogP contribution in [0.4, 0.5) is 5.69 Å². The minimum Gasteiger partial charge on any atom is -0.495 e. The topological polar surface area (TPSA) is 51.5 Å². The molecule has 1 fully saturated rings. The molecule has 0 unspecified atom stereocenters. The molecule has 4 rings (SSSR count). The molecule has 0 radical (unpaired) electrons. The summed E-state index contributed by atoms with van der Waals surface area (Å²) >= 11 is 12.2. The molecule has 1 saturated heterocycles. The van der Waals surface area contributed by atoms with Gasteiger partial charge in [-0.15, -0.1) is 0 Å². The number of rotatable bonds is 7. The number of hydrogen-bond acceptors (Lipinski definition) is 4. The number of benzene rings is 1. The molecule has 1 aromatic carbocycles. The summed E-state index contributed by atoms with van der Waals surface area (Å²) < 4.78 is 12.8. The number of nitrogens with one attached hydrogen (secondary N) is 1. The summed E-state index contributed by atoms with van der Waals surface area (Å²) in [5, 5.41) is 4.62. The summed E-state index contributed by atoms with van der Waals surface area (Å²) in [6, 6.07) is 15.6. The number of ether oxygens (including phenoxy) is 2. The first-order valence-electron chi connectivity index (χ1n) is 9.62. The first-order chi connectivity index (χ1) is 14.6. The lowest BCUT2D eigenvalue weighted by atomic mass is 10.0. The summed E-state index contributed by atoms with van der Waals surface area (Å²) in [6.45, 7) is 1.36. The van der Waals surface area contributed by atoms with Crippen molar-refractivity contribution >= 4 is 34.6 Å². The first kappa shape index (κ1) is 20.7. The maximum atomic E-state index is 6.43. The number of methoxy groups -OCH3 is 2. The van der Waals surface area contributed by atoms with E-state index in [9.17, 15) is 0 Å². The van der Waals surface area contributed by atoms with Crippen LogP contribution in [0.1, 0.15) is 23.5 Å². The molecule has 0 aliphatic carbocycles. The molecule has 3 heterocycles. The van der Waals surface area contributed by atoms with Gasteiger partial charge in [0.25, 0.3) is 0 Å². The van der Waals surface area contributed by atoms with Crippen molar-refractivity contribution in [3.8, 4) is 5.75 Å². The molecular formula is C22H23ClN4O2S. The van der Waals surface area contributed by atoms with Crippen molar-refractivity contribution < 1.29 is 9.47 Å². The van der Waals surface area contributed by atoms with Gasteiger partial charge in [0.05, 0.1) is 30.5 Å². The van der Waals surface area contributed by atoms with Gasteiger partial charge in [0, 0.05) is 37.4 Å². The van der Waals surface area contributed by atoms with Crippen molar-refractivity contribution in [3.63, 3.8) is 0 Å². The van der Waals surface area contributed by atoms with E-state index in [2.05, 4.69) is 32.0 Å². The highest BCUT2D eigenvalue weighted by Gasteiger charge is 2.42. The molecule has 1 aliphatic heterocycles.